The number of imidazole rings is 1. The first-order valence-corrected chi connectivity index (χ1v) is 11.1. The van der Waals surface area contributed by atoms with Gasteiger partial charge in [-0.05, 0) is 54.3 Å². The molecule has 0 spiro atoms. The Morgan fingerprint density at radius 2 is 2.03 bits per heavy atom. The van der Waals surface area contributed by atoms with Crippen LogP contribution in [-0.4, -0.2) is 32.1 Å². The third-order valence-corrected chi connectivity index (χ3v) is 6.59. The number of hydrogen-bond donors (Lipinski definition) is 2. The fourth-order valence-corrected chi connectivity index (χ4v) is 4.67. The lowest BCUT2D eigenvalue weighted by atomic mass is 10.3. The molecule has 0 radical (unpaired) electrons. The number of hydrogen-bond acceptors (Lipinski definition) is 8. The minimum Gasteiger partial charge on any atom is -0.422 e. The predicted molar refractivity (Wildman–Crippen MR) is 121 cm³/mol. The lowest BCUT2D eigenvalue weighted by Crippen LogP contribution is -2.24. The minimum atomic E-state index is 0.283. The van der Waals surface area contributed by atoms with E-state index in [-0.39, 0.29) is 5.95 Å². The molecule has 0 saturated heterocycles. The molecule has 0 amide bonds. The van der Waals surface area contributed by atoms with Crippen LogP contribution < -0.4 is 20.5 Å². The van der Waals surface area contributed by atoms with Crippen LogP contribution in [0.25, 0.3) is 11.2 Å². The second kappa shape index (κ2) is 8.36. The van der Waals surface area contributed by atoms with Crippen molar-refractivity contribution in [1.29, 1.82) is 0 Å². The summed E-state index contributed by atoms with van der Waals surface area (Å²) in [5.74, 6) is 1.99. The summed E-state index contributed by atoms with van der Waals surface area (Å²) in [6, 6.07) is 4.33. The molecule has 3 aromatic rings. The van der Waals surface area contributed by atoms with Crippen molar-refractivity contribution in [3.8, 4) is 11.5 Å². The molecule has 1 aliphatic rings. The van der Waals surface area contributed by atoms with Crippen molar-refractivity contribution in [1.82, 2.24) is 24.8 Å². The minimum absolute atomic E-state index is 0.283. The highest BCUT2D eigenvalue weighted by atomic mass is 127. The molecule has 0 bridgehead atoms. The summed E-state index contributed by atoms with van der Waals surface area (Å²) in [6.07, 6.45) is 2.42. The van der Waals surface area contributed by atoms with E-state index in [2.05, 4.69) is 62.9 Å². The molecular formula is C19H21IN6O2S. The number of halogens is 1. The quantitative estimate of drug-likeness (QED) is 0.356. The van der Waals surface area contributed by atoms with Crippen LogP contribution in [0.1, 0.15) is 20.3 Å². The predicted octanol–water partition coefficient (Wildman–Crippen LogP) is 3.79. The number of aromatic nitrogens is 4. The number of ether oxygens (including phenoxy) is 2. The number of anilines is 1. The normalized spacial score (nSPS) is 13.0. The van der Waals surface area contributed by atoms with Gasteiger partial charge in [-0.25, -0.2) is 15.0 Å². The van der Waals surface area contributed by atoms with Crippen molar-refractivity contribution >= 4 is 51.3 Å². The van der Waals surface area contributed by atoms with Crippen molar-refractivity contribution in [2.24, 2.45) is 0 Å². The highest BCUT2D eigenvalue weighted by molar-refractivity contribution is 14.1. The maximum atomic E-state index is 6.05. The first-order valence-electron chi connectivity index (χ1n) is 9.18. The zero-order valence-electron chi connectivity index (χ0n) is 16.1. The van der Waals surface area contributed by atoms with E-state index in [1.807, 2.05) is 12.1 Å². The van der Waals surface area contributed by atoms with E-state index in [1.54, 1.807) is 11.8 Å². The van der Waals surface area contributed by atoms with Gasteiger partial charge in [-0.3, -0.25) is 0 Å². The number of nitrogens with zero attached hydrogens (tertiary/aromatic N) is 4. The van der Waals surface area contributed by atoms with E-state index < -0.39 is 0 Å². The van der Waals surface area contributed by atoms with Gasteiger partial charge in [-0.1, -0.05) is 25.6 Å². The first-order chi connectivity index (χ1) is 13.9. The Bertz CT molecular complexity index is 1080. The van der Waals surface area contributed by atoms with Crippen molar-refractivity contribution < 1.29 is 9.47 Å². The molecule has 1 aromatic carbocycles. The maximum Gasteiger partial charge on any atom is 0.282 e. The smallest absolute Gasteiger partial charge is 0.282 e. The zero-order valence-corrected chi connectivity index (χ0v) is 19.1. The Labute approximate surface area is 186 Å². The molecule has 0 atom stereocenters. The van der Waals surface area contributed by atoms with Gasteiger partial charge in [-0.2, -0.15) is 0 Å². The molecule has 1 aliphatic heterocycles. The number of fused-ring (bicyclic) bond motifs is 2. The molecule has 29 heavy (non-hydrogen) atoms. The van der Waals surface area contributed by atoms with E-state index in [1.165, 1.54) is 6.33 Å². The fraction of sp³-hybridized carbons (Fsp3) is 0.316. The molecular weight excluding hydrogens is 503 g/mol. The SMILES string of the molecule is C=C1Oc2cc(I)c(Sc3nc4c(N)ncnc4n3CCCNC(C)C)cc2O1. The highest BCUT2D eigenvalue weighted by Gasteiger charge is 2.22. The van der Waals surface area contributed by atoms with Gasteiger partial charge >= 0.3 is 0 Å². The third-order valence-electron chi connectivity index (χ3n) is 4.28. The van der Waals surface area contributed by atoms with E-state index in [9.17, 15) is 0 Å². The van der Waals surface area contributed by atoms with Gasteiger partial charge < -0.3 is 25.1 Å². The van der Waals surface area contributed by atoms with Crippen LogP contribution in [0.15, 0.2) is 41.0 Å². The molecule has 8 nitrogen and oxygen atoms in total. The number of rotatable bonds is 7. The van der Waals surface area contributed by atoms with Crippen LogP contribution in [-0.2, 0) is 6.54 Å². The second-order valence-corrected chi connectivity index (χ2v) is 9.02. The van der Waals surface area contributed by atoms with E-state index >= 15 is 0 Å². The first kappa shape index (κ1) is 20.2. The summed E-state index contributed by atoms with van der Waals surface area (Å²) in [4.78, 5) is 14.2. The number of nitrogens with two attached hydrogens (primary N) is 1. The molecule has 2 aromatic heterocycles. The van der Waals surface area contributed by atoms with Gasteiger partial charge in [0.15, 0.2) is 33.6 Å². The Kier molecular flexibility index (Phi) is 5.83. The maximum absolute atomic E-state index is 6.05. The van der Waals surface area contributed by atoms with Crippen molar-refractivity contribution in [3.63, 3.8) is 0 Å². The van der Waals surface area contributed by atoms with Gasteiger partial charge in [0.25, 0.3) is 5.95 Å². The van der Waals surface area contributed by atoms with E-state index in [0.717, 1.165) is 38.8 Å². The standard InChI is InChI=1S/C19H21IN6O2S/c1-10(2)22-5-4-6-26-18-16(17(21)23-9-24-18)25-19(26)29-15-8-14-13(7-12(15)20)27-11(3)28-14/h7-10,22H,3-6H2,1-2H3,(H2,21,23,24). The fourth-order valence-electron chi connectivity index (χ4n) is 2.96. The van der Waals surface area contributed by atoms with Crippen LogP contribution in [0, 0.1) is 3.57 Å². The monoisotopic (exact) mass is 524 g/mol. The van der Waals surface area contributed by atoms with Crippen LogP contribution in [0.5, 0.6) is 11.5 Å². The topological polar surface area (TPSA) is 100 Å². The largest absolute Gasteiger partial charge is 0.422 e. The number of nitrogens with one attached hydrogen (secondary N) is 1. The van der Waals surface area contributed by atoms with Crippen molar-refractivity contribution in [3.05, 3.63) is 34.6 Å². The average molecular weight is 524 g/mol. The van der Waals surface area contributed by atoms with Gasteiger partial charge in [0.1, 0.15) is 6.33 Å². The van der Waals surface area contributed by atoms with E-state index in [0.29, 0.717) is 28.9 Å². The summed E-state index contributed by atoms with van der Waals surface area (Å²) < 4.78 is 14.1. The Hall–Kier alpha value is -2.05. The summed E-state index contributed by atoms with van der Waals surface area (Å²) in [7, 11) is 0. The van der Waals surface area contributed by atoms with Gasteiger partial charge in [0.2, 0.25) is 0 Å². The summed E-state index contributed by atoms with van der Waals surface area (Å²) in [5, 5.41) is 4.25. The summed E-state index contributed by atoms with van der Waals surface area (Å²) >= 11 is 3.82. The third kappa shape index (κ3) is 4.28. The number of aryl methyl sites for hydroxylation is 1. The summed E-state index contributed by atoms with van der Waals surface area (Å²) in [5.41, 5.74) is 7.41. The molecule has 0 aliphatic carbocycles. The van der Waals surface area contributed by atoms with Crippen molar-refractivity contribution in [2.45, 2.75) is 42.9 Å². The lowest BCUT2D eigenvalue weighted by Gasteiger charge is -2.11. The molecule has 0 saturated carbocycles. The molecule has 3 heterocycles. The Balaban J connectivity index is 1.66. The lowest BCUT2D eigenvalue weighted by molar-refractivity contribution is 0.290. The second-order valence-electron chi connectivity index (χ2n) is 6.85. The molecule has 0 fully saturated rings. The number of benzene rings is 1. The summed E-state index contributed by atoms with van der Waals surface area (Å²) in [6.45, 7) is 9.67. The zero-order chi connectivity index (χ0) is 20.5. The van der Waals surface area contributed by atoms with Crippen LogP contribution >= 0.6 is 34.4 Å². The molecule has 10 heteroatoms. The molecule has 152 valence electrons. The molecule has 4 rings (SSSR count). The van der Waals surface area contributed by atoms with Gasteiger partial charge in [0.05, 0.1) is 0 Å². The Morgan fingerprint density at radius 3 is 2.79 bits per heavy atom. The van der Waals surface area contributed by atoms with E-state index in [4.69, 9.17) is 20.2 Å². The van der Waals surface area contributed by atoms with Gasteiger partial charge in [-0.15, -0.1) is 0 Å². The van der Waals surface area contributed by atoms with Crippen LogP contribution in [0.2, 0.25) is 0 Å². The Morgan fingerprint density at radius 1 is 1.28 bits per heavy atom. The van der Waals surface area contributed by atoms with Crippen LogP contribution in [0.3, 0.4) is 0 Å². The van der Waals surface area contributed by atoms with Gasteiger partial charge in [0, 0.05) is 21.1 Å². The highest BCUT2D eigenvalue weighted by Crippen LogP contribution is 2.43. The number of nitrogen functional groups attached to an aromatic ring is 1. The van der Waals surface area contributed by atoms with Crippen LogP contribution in [0.4, 0.5) is 5.82 Å². The molecule has 3 N–H and O–H groups in total. The average Bonchev–Trinajstić information content (AvgIpc) is 3.19. The van der Waals surface area contributed by atoms with Crippen molar-refractivity contribution in [2.75, 3.05) is 12.3 Å². The molecule has 0 unspecified atom stereocenters.